The van der Waals surface area contributed by atoms with Crippen LogP contribution in [0.4, 0.5) is 9.52 Å². The van der Waals surface area contributed by atoms with Gasteiger partial charge < -0.3 is 5.73 Å². The van der Waals surface area contributed by atoms with E-state index >= 15 is 0 Å². The summed E-state index contributed by atoms with van der Waals surface area (Å²) in [7, 11) is 0. The van der Waals surface area contributed by atoms with Gasteiger partial charge >= 0.3 is 0 Å². The molecule has 2 nitrogen and oxygen atoms in total. The summed E-state index contributed by atoms with van der Waals surface area (Å²) in [4.78, 5) is 5.08. The number of rotatable bonds is 2. The van der Waals surface area contributed by atoms with E-state index in [0.717, 1.165) is 22.4 Å². The summed E-state index contributed by atoms with van der Waals surface area (Å²) in [6.45, 7) is 1.91. The van der Waals surface area contributed by atoms with Crippen LogP contribution in [-0.2, 0) is 6.42 Å². The number of aromatic nitrogens is 1. The second-order valence-electron chi connectivity index (χ2n) is 3.41. The highest BCUT2D eigenvalue weighted by Crippen LogP contribution is 2.20. The van der Waals surface area contributed by atoms with Gasteiger partial charge in [0.1, 0.15) is 5.82 Å². The Bertz CT molecular complexity index is 479. The Morgan fingerprint density at radius 3 is 2.87 bits per heavy atom. The van der Waals surface area contributed by atoms with Gasteiger partial charge in [0.15, 0.2) is 5.13 Å². The molecule has 0 radical (unpaired) electrons. The predicted molar refractivity (Wildman–Crippen MR) is 60.5 cm³/mol. The van der Waals surface area contributed by atoms with Gasteiger partial charge in [0, 0.05) is 17.5 Å². The van der Waals surface area contributed by atoms with E-state index in [9.17, 15) is 4.39 Å². The molecule has 1 heterocycles. The van der Waals surface area contributed by atoms with Crippen LogP contribution < -0.4 is 5.73 Å². The van der Waals surface area contributed by atoms with Gasteiger partial charge in [-0.3, -0.25) is 0 Å². The molecule has 15 heavy (non-hydrogen) atoms. The Hall–Kier alpha value is -1.42. The number of aryl methyl sites for hydroxylation is 1. The number of nitrogens with zero attached hydrogens (tertiary/aromatic N) is 1. The topological polar surface area (TPSA) is 38.9 Å². The number of anilines is 1. The van der Waals surface area contributed by atoms with E-state index in [4.69, 9.17) is 5.73 Å². The molecule has 0 unspecified atom stereocenters. The van der Waals surface area contributed by atoms with Crippen LogP contribution in [0.3, 0.4) is 0 Å². The molecule has 0 atom stereocenters. The highest BCUT2D eigenvalue weighted by Gasteiger charge is 2.04. The quantitative estimate of drug-likeness (QED) is 0.848. The van der Waals surface area contributed by atoms with Crippen molar-refractivity contribution in [2.45, 2.75) is 13.3 Å². The van der Waals surface area contributed by atoms with Gasteiger partial charge in [-0.05, 0) is 30.2 Å². The number of thiazole rings is 1. The summed E-state index contributed by atoms with van der Waals surface area (Å²) in [5.41, 5.74) is 7.61. The number of hydrogen-bond donors (Lipinski definition) is 1. The van der Waals surface area contributed by atoms with Gasteiger partial charge in [-0.15, -0.1) is 11.3 Å². The Balaban J connectivity index is 2.24. The molecule has 0 aliphatic rings. The van der Waals surface area contributed by atoms with Crippen molar-refractivity contribution in [2.75, 3.05) is 5.73 Å². The normalized spacial score (nSPS) is 10.5. The summed E-state index contributed by atoms with van der Waals surface area (Å²) >= 11 is 1.47. The fourth-order valence-corrected chi connectivity index (χ4v) is 2.16. The van der Waals surface area contributed by atoms with Crippen LogP contribution in [0.2, 0.25) is 0 Å². The number of nitrogens with two attached hydrogens (primary N) is 1. The molecule has 0 fully saturated rings. The van der Waals surface area contributed by atoms with Crippen LogP contribution in [-0.4, -0.2) is 4.98 Å². The van der Waals surface area contributed by atoms with Crippen molar-refractivity contribution in [1.29, 1.82) is 0 Å². The lowest BCUT2D eigenvalue weighted by Crippen LogP contribution is -1.90. The summed E-state index contributed by atoms with van der Waals surface area (Å²) in [6.07, 6.45) is 2.53. The minimum Gasteiger partial charge on any atom is -0.375 e. The molecule has 1 aromatic carbocycles. The van der Waals surface area contributed by atoms with E-state index in [1.165, 1.54) is 17.4 Å². The monoisotopic (exact) mass is 222 g/mol. The highest BCUT2D eigenvalue weighted by molar-refractivity contribution is 7.15. The Morgan fingerprint density at radius 2 is 2.27 bits per heavy atom. The first-order valence-corrected chi connectivity index (χ1v) is 5.42. The minimum atomic E-state index is -0.194. The van der Waals surface area contributed by atoms with Crippen molar-refractivity contribution in [2.24, 2.45) is 0 Å². The second kappa shape index (κ2) is 3.98. The zero-order valence-electron chi connectivity index (χ0n) is 8.33. The van der Waals surface area contributed by atoms with Gasteiger partial charge in [0.05, 0.1) is 0 Å². The Kier molecular flexibility index (Phi) is 2.68. The second-order valence-corrected chi connectivity index (χ2v) is 4.56. The van der Waals surface area contributed by atoms with Crippen LogP contribution >= 0.6 is 11.3 Å². The number of nitrogen functional groups attached to an aromatic ring is 1. The van der Waals surface area contributed by atoms with Crippen LogP contribution in [0, 0.1) is 12.7 Å². The molecule has 0 aliphatic heterocycles. The molecule has 2 aromatic rings. The van der Waals surface area contributed by atoms with E-state index in [1.54, 1.807) is 18.3 Å². The zero-order chi connectivity index (χ0) is 10.8. The number of halogens is 1. The fourth-order valence-electron chi connectivity index (χ4n) is 1.45. The van der Waals surface area contributed by atoms with Gasteiger partial charge in [0.25, 0.3) is 0 Å². The van der Waals surface area contributed by atoms with Gasteiger partial charge in [-0.2, -0.15) is 0 Å². The summed E-state index contributed by atoms with van der Waals surface area (Å²) in [6, 6.07) is 4.83. The third-order valence-electron chi connectivity index (χ3n) is 2.24. The molecule has 0 bridgehead atoms. The Labute approximate surface area is 91.6 Å². The summed E-state index contributed by atoms with van der Waals surface area (Å²) in [5, 5.41) is 0.574. The van der Waals surface area contributed by atoms with E-state index < -0.39 is 0 Å². The van der Waals surface area contributed by atoms with E-state index in [-0.39, 0.29) is 5.82 Å². The maximum Gasteiger partial charge on any atom is 0.180 e. The fraction of sp³-hybridized carbons (Fsp3) is 0.182. The smallest absolute Gasteiger partial charge is 0.180 e. The number of hydrogen-bond acceptors (Lipinski definition) is 3. The summed E-state index contributed by atoms with van der Waals surface area (Å²) in [5.74, 6) is -0.194. The van der Waals surface area contributed by atoms with Gasteiger partial charge in [0.2, 0.25) is 0 Å². The molecule has 0 spiro atoms. The molecule has 2 N–H and O–H groups in total. The lowest BCUT2D eigenvalue weighted by molar-refractivity contribution is 0.626. The minimum absolute atomic E-state index is 0.194. The first-order valence-electron chi connectivity index (χ1n) is 4.60. The third-order valence-corrected chi connectivity index (χ3v) is 3.07. The van der Waals surface area contributed by atoms with E-state index in [2.05, 4.69) is 4.98 Å². The van der Waals surface area contributed by atoms with Crippen LogP contribution in [0.25, 0.3) is 0 Å². The van der Waals surface area contributed by atoms with Crippen molar-refractivity contribution in [1.82, 2.24) is 4.98 Å². The molecule has 78 valence electrons. The third kappa shape index (κ3) is 2.33. The largest absolute Gasteiger partial charge is 0.375 e. The summed E-state index contributed by atoms with van der Waals surface area (Å²) < 4.78 is 12.9. The van der Waals surface area contributed by atoms with Crippen molar-refractivity contribution in [3.8, 4) is 0 Å². The molecule has 2 rings (SSSR count). The van der Waals surface area contributed by atoms with Crippen LogP contribution in [0.15, 0.2) is 24.4 Å². The Morgan fingerprint density at radius 1 is 1.47 bits per heavy atom. The lowest BCUT2D eigenvalue weighted by atomic mass is 10.1. The van der Waals surface area contributed by atoms with E-state index in [1.807, 2.05) is 6.92 Å². The molecule has 4 heteroatoms. The van der Waals surface area contributed by atoms with Crippen molar-refractivity contribution in [3.05, 3.63) is 46.2 Å². The first-order chi connectivity index (χ1) is 7.15. The van der Waals surface area contributed by atoms with Gasteiger partial charge in [-0.1, -0.05) is 6.07 Å². The van der Waals surface area contributed by atoms with Gasteiger partial charge in [-0.25, -0.2) is 9.37 Å². The van der Waals surface area contributed by atoms with Crippen LogP contribution in [0.5, 0.6) is 0 Å². The maximum absolute atomic E-state index is 12.9. The molecule has 0 amide bonds. The molecule has 0 saturated carbocycles. The highest BCUT2D eigenvalue weighted by atomic mass is 32.1. The molecule has 0 saturated heterocycles. The molecule has 0 aliphatic carbocycles. The molecular weight excluding hydrogens is 211 g/mol. The molecular formula is C11H11FN2S. The SMILES string of the molecule is Cc1cc(F)ccc1Cc1cnc(N)s1. The first kappa shape index (κ1) is 10.1. The maximum atomic E-state index is 12.9. The van der Waals surface area contributed by atoms with Crippen molar-refractivity contribution >= 4 is 16.5 Å². The zero-order valence-corrected chi connectivity index (χ0v) is 9.14. The van der Waals surface area contributed by atoms with Crippen LogP contribution in [0.1, 0.15) is 16.0 Å². The van der Waals surface area contributed by atoms with E-state index in [0.29, 0.717) is 5.13 Å². The standard InChI is InChI=1S/C11H11FN2S/c1-7-4-9(12)3-2-8(7)5-10-6-14-11(13)15-10/h2-4,6H,5H2,1H3,(H2,13,14). The average molecular weight is 222 g/mol. The van der Waals surface area contributed by atoms with Crippen molar-refractivity contribution in [3.63, 3.8) is 0 Å². The van der Waals surface area contributed by atoms with Crippen molar-refractivity contribution < 1.29 is 4.39 Å². The number of benzene rings is 1. The average Bonchev–Trinajstić information content (AvgIpc) is 2.56. The molecule has 1 aromatic heterocycles. The lowest BCUT2D eigenvalue weighted by Gasteiger charge is -2.03. The predicted octanol–water partition coefficient (Wildman–Crippen LogP) is 2.76.